The minimum Gasteiger partial charge on any atom is -0.467 e. The molecule has 0 aliphatic heterocycles. The van der Waals surface area contributed by atoms with Crippen LogP contribution in [0.3, 0.4) is 0 Å². The van der Waals surface area contributed by atoms with Crippen LogP contribution in [0.25, 0.3) is 0 Å². The molecule has 1 atom stereocenters. The number of thioether (sulfide) groups is 1. The molecule has 0 bridgehead atoms. The molecule has 1 aromatic carbocycles. The van der Waals surface area contributed by atoms with E-state index in [-0.39, 0.29) is 17.7 Å². The Kier molecular flexibility index (Phi) is 4.98. The molecule has 2 rings (SSSR count). The van der Waals surface area contributed by atoms with Gasteiger partial charge >= 0.3 is 0 Å². The Balaban J connectivity index is 1.86. The SMILES string of the molecule is CC(NC(=O)CSc1ccc(Cl)cc1N)c1ccco1. The number of nitrogens with one attached hydrogen (secondary N) is 1. The Morgan fingerprint density at radius 2 is 2.30 bits per heavy atom. The lowest BCUT2D eigenvalue weighted by molar-refractivity contribution is -0.119. The third-order valence-corrected chi connectivity index (χ3v) is 4.00. The summed E-state index contributed by atoms with van der Waals surface area (Å²) < 4.78 is 5.24. The number of furan rings is 1. The fraction of sp³-hybridized carbons (Fsp3) is 0.214. The number of hydrogen-bond donors (Lipinski definition) is 2. The highest BCUT2D eigenvalue weighted by molar-refractivity contribution is 8.00. The normalized spacial score (nSPS) is 12.1. The molecule has 3 N–H and O–H groups in total. The quantitative estimate of drug-likeness (QED) is 0.655. The zero-order chi connectivity index (χ0) is 14.5. The largest absolute Gasteiger partial charge is 0.467 e. The van der Waals surface area contributed by atoms with Gasteiger partial charge in [-0.3, -0.25) is 4.79 Å². The first-order valence-electron chi connectivity index (χ1n) is 6.07. The van der Waals surface area contributed by atoms with Crippen LogP contribution in [-0.2, 0) is 4.79 Å². The average molecular weight is 311 g/mol. The number of carbonyl (C=O) groups excluding carboxylic acids is 1. The first kappa shape index (κ1) is 14.8. The molecule has 0 aliphatic carbocycles. The Labute approximate surface area is 126 Å². The van der Waals surface area contributed by atoms with Crippen molar-refractivity contribution >= 4 is 35.0 Å². The van der Waals surface area contributed by atoms with Gasteiger partial charge in [0.05, 0.1) is 18.1 Å². The topological polar surface area (TPSA) is 68.3 Å². The average Bonchev–Trinajstić information content (AvgIpc) is 2.91. The second kappa shape index (κ2) is 6.72. The molecular formula is C14H15ClN2O2S. The molecule has 0 radical (unpaired) electrons. The Morgan fingerprint density at radius 3 is 2.95 bits per heavy atom. The summed E-state index contributed by atoms with van der Waals surface area (Å²) in [5.74, 6) is 0.944. The maximum absolute atomic E-state index is 11.9. The van der Waals surface area contributed by atoms with Crippen molar-refractivity contribution in [1.82, 2.24) is 5.32 Å². The van der Waals surface area contributed by atoms with E-state index in [1.807, 2.05) is 19.1 Å². The van der Waals surface area contributed by atoms with E-state index in [9.17, 15) is 4.79 Å². The molecule has 1 heterocycles. The summed E-state index contributed by atoms with van der Waals surface area (Å²) in [4.78, 5) is 12.7. The summed E-state index contributed by atoms with van der Waals surface area (Å²) in [7, 11) is 0. The predicted octanol–water partition coefficient (Wildman–Crippen LogP) is 3.48. The molecule has 0 aliphatic rings. The van der Waals surface area contributed by atoms with E-state index in [2.05, 4.69) is 5.32 Å². The monoisotopic (exact) mass is 310 g/mol. The molecule has 20 heavy (non-hydrogen) atoms. The van der Waals surface area contributed by atoms with E-state index in [4.69, 9.17) is 21.8 Å². The molecule has 6 heteroatoms. The number of amides is 1. The lowest BCUT2D eigenvalue weighted by atomic mass is 10.2. The van der Waals surface area contributed by atoms with Crippen molar-refractivity contribution in [2.24, 2.45) is 0 Å². The molecule has 1 aromatic heterocycles. The Morgan fingerprint density at radius 1 is 1.50 bits per heavy atom. The lowest BCUT2D eigenvalue weighted by Crippen LogP contribution is -2.27. The van der Waals surface area contributed by atoms with Crippen LogP contribution in [0.5, 0.6) is 0 Å². The van der Waals surface area contributed by atoms with Crippen molar-refractivity contribution in [3.63, 3.8) is 0 Å². The van der Waals surface area contributed by atoms with Crippen molar-refractivity contribution < 1.29 is 9.21 Å². The van der Waals surface area contributed by atoms with E-state index >= 15 is 0 Å². The first-order chi connectivity index (χ1) is 9.56. The highest BCUT2D eigenvalue weighted by atomic mass is 35.5. The Bertz CT molecular complexity index is 587. The molecule has 106 valence electrons. The van der Waals surface area contributed by atoms with E-state index in [1.165, 1.54) is 11.8 Å². The molecule has 0 saturated heterocycles. The van der Waals surface area contributed by atoms with Crippen LogP contribution in [0.2, 0.25) is 5.02 Å². The smallest absolute Gasteiger partial charge is 0.230 e. The minimum absolute atomic E-state index is 0.0757. The highest BCUT2D eigenvalue weighted by Gasteiger charge is 2.12. The van der Waals surface area contributed by atoms with Crippen LogP contribution < -0.4 is 11.1 Å². The molecule has 4 nitrogen and oxygen atoms in total. The number of halogens is 1. The molecular weight excluding hydrogens is 296 g/mol. The molecule has 1 unspecified atom stereocenters. The molecule has 0 fully saturated rings. The van der Waals surface area contributed by atoms with Gasteiger partial charge < -0.3 is 15.5 Å². The van der Waals surface area contributed by atoms with Gasteiger partial charge in [-0.25, -0.2) is 0 Å². The molecule has 0 saturated carbocycles. The zero-order valence-electron chi connectivity index (χ0n) is 10.9. The van der Waals surface area contributed by atoms with E-state index in [1.54, 1.807) is 24.5 Å². The van der Waals surface area contributed by atoms with Crippen LogP contribution in [0.4, 0.5) is 5.69 Å². The molecule has 2 aromatic rings. The van der Waals surface area contributed by atoms with Crippen molar-refractivity contribution in [3.8, 4) is 0 Å². The maximum Gasteiger partial charge on any atom is 0.230 e. The van der Waals surface area contributed by atoms with Gasteiger partial charge in [-0.1, -0.05) is 11.6 Å². The summed E-state index contributed by atoms with van der Waals surface area (Å²) in [5, 5.41) is 3.45. The van der Waals surface area contributed by atoms with Gasteiger partial charge in [0, 0.05) is 15.6 Å². The van der Waals surface area contributed by atoms with Gasteiger partial charge in [0.25, 0.3) is 0 Å². The fourth-order valence-corrected chi connectivity index (χ4v) is 2.63. The lowest BCUT2D eigenvalue weighted by Gasteiger charge is -2.11. The van der Waals surface area contributed by atoms with Gasteiger partial charge in [0.2, 0.25) is 5.91 Å². The van der Waals surface area contributed by atoms with Crippen molar-refractivity contribution in [2.75, 3.05) is 11.5 Å². The highest BCUT2D eigenvalue weighted by Crippen LogP contribution is 2.27. The number of benzene rings is 1. The maximum atomic E-state index is 11.9. The van der Waals surface area contributed by atoms with Gasteiger partial charge in [0.1, 0.15) is 5.76 Å². The summed E-state index contributed by atoms with van der Waals surface area (Å²) in [6.07, 6.45) is 1.58. The fourth-order valence-electron chi connectivity index (χ4n) is 1.69. The van der Waals surface area contributed by atoms with Crippen molar-refractivity contribution in [2.45, 2.75) is 17.9 Å². The summed E-state index contributed by atoms with van der Waals surface area (Å²) >= 11 is 7.20. The summed E-state index contributed by atoms with van der Waals surface area (Å²) in [5.41, 5.74) is 6.41. The third-order valence-electron chi connectivity index (χ3n) is 2.68. The number of nitrogens with two attached hydrogens (primary N) is 1. The second-order valence-electron chi connectivity index (χ2n) is 4.28. The number of hydrogen-bond acceptors (Lipinski definition) is 4. The van der Waals surface area contributed by atoms with E-state index < -0.39 is 0 Å². The van der Waals surface area contributed by atoms with Crippen LogP contribution >= 0.6 is 23.4 Å². The Hall–Kier alpha value is -1.59. The zero-order valence-corrected chi connectivity index (χ0v) is 12.5. The second-order valence-corrected chi connectivity index (χ2v) is 5.73. The van der Waals surface area contributed by atoms with Crippen LogP contribution in [-0.4, -0.2) is 11.7 Å². The van der Waals surface area contributed by atoms with Gasteiger partial charge in [-0.05, 0) is 37.3 Å². The van der Waals surface area contributed by atoms with E-state index in [0.717, 1.165) is 10.7 Å². The summed E-state index contributed by atoms with van der Waals surface area (Å²) in [6.45, 7) is 1.87. The van der Waals surface area contributed by atoms with Crippen molar-refractivity contribution in [1.29, 1.82) is 0 Å². The molecule has 1 amide bonds. The van der Waals surface area contributed by atoms with Crippen molar-refractivity contribution in [3.05, 3.63) is 47.4 Å². The number of rotatable bonds is 5. The number of nitrogen functional groups attached to an aromatic ring is 1. The van der Waals surface area contributed by atoms with Gasteiger partial charge in [-0.2, -0.15) is 0 Å². The molecule has 0 spiro atoms. The standard InChI is InChI=1S/C14H15ClN2O2S/c1-9(12-3-2-6-19-12)17-14(18)8-20-13-5-4-10(15)7-11(13)16/h2-7,9H,8,16H2,1H3,(H,17,18). The van der Waals surface area contributed by atoms with Gasteiger partial charge in [0.15, 0.2) is 0 Å². The van der Waals surface area contributed by atoms with E-state index in [0.29, 0.717) is 10.7 Å². The van der Waals surface area contributed by atoms with Crippen LogP contribution in [0, 0.1) is 0 Å². The van der Waals surface area contributed by atoms with Crippen LogP contribution in [0.15, 0.2) is 45.9 Å². The van der Waals surface area contributed by atoms with Crippen LogP contribution in [0.1, 0.15) is 18.7 Å². The summed E-state index contributed by atoms with van der Waals surface area (Å²) in [6, 6.07) is 8.71. The number of carbonyl (C=O) groups is 1. The number of anilines is 1. The first-order valence-corrected chi connectivity index (χ1v) is 7.43. The minimum atomic E-state index is -0.152. The van der Waals surface area contributed by atoms with Gasteiger partial charge in [-0.15, -0.1) is 11.8 Å². The third kappa shape index (κ3) is 3.95. The predicted molar refractivity (Wildman–Crippen MR) is 81.9 cm³/mol.